The first-order valence-corrected chi connectivity index (χ1v) is 6.09. The maximum absolute atomic E-state index is 5.63. The fourth-order valence-electron chi connectivity index (χ4n) is 1.61. The monoisotopic (exact) mass is 225 g/mol. The first-order chi connectivity index (χ1) is 7.72. The van der Waals surface area contributed by atoms with E-state index in [2.05, 4.69) is 26.1 Å². The molecule has 1 rings (SSSR count). The molecule has 1 aromatic heterocycles. The van der Waals surface area contributed by atoms with Crippen molar-refractivity contribution in [1.82, 2.24) is 5.32 Å². The minimum Gasteiger partial charge on any atom is -0.469 e. The van der Waals surface area contributed by atoms with E-state index in [1.165, 1.54) is 0 Å². The van der Waals surface area contributed by atoms with Crippen LogP contribution in [0.25, 0.3) is 0 Å². The molecule has 16 heavy (non-hydrogen) atoms. The number of rotatable bonds is 8. The van der Waals surface area contributed by atoms with Crippen LogP contribution in [-0.4, -0.2) is 25.3 Å². The van der Waals surface area contributed by atoms with Crippen LogP contribution in [0.1, 0.15) is 33.0 Å². The molecule has 0 aliphatic heterocycles. The lowest BCUT2D eigenvalue weighted by atomic mass is 10.1. The number of hydrogen-bond donors (Lipinski definition) is 1. The van der Waals surface area contributed by atoms with E-state index in [4.69, 9.17) is 9.15 Å². The van der Waals surface area contributed by atoms with Gasteiger partial charge in [-0.2, -0.15) is 0 Å². The number of nitrogens with one attached hydrogen (secondary N) is 1. The SMILES string of the molecule is CCNC(CCc1ccco1)COC(C)C. The highest BCUT2D eigenvalue weighted by Crippen LogP contribution is 2.07. The van der Waals surface area contributed by atoms with Crippen LogP contribution in [0.4, 0.5) is 0 Å². The molecule has 0 spiro atoms. The van der Waals surface area contributed by atoms with Crippen molar-refractivity contribution in [3.05, 3.63) is 24.2 Å². The normalized spacial score (nSPS) is 13.2. The molecule has 0 bridgehead atoms. The molecule has 1 atom stereocenters. The number of ether oxygens (including phenoxy) is 1. The Kier molecular flexibility index (Phi) is 6.19. The van der Waals surface area contributed by atoms with Crippen LogP contribution in [0.5, 0.6) is 0 Å². The lowest BCUT2D eigenvalue weighted by molar-refractivity contribution is 0.0597. The van der Waals surface area contributed by atoms with Gasteiger partial charge in [-0.25, -0.2) is 0 Å². The second kappa shape index (κ2) is 7.47. The first kappa shape index (κ1) is 13.3. The summed E-state index contributed by atoms with van der Waals surface area (Å²) in [5.41, 5.74) is 0. The average Bonchev–Trinajstić information content (AvgIpc) is 2.75. The molecule has 0 radical (unpaired) electrons. The predicted molar refractivity (Wildman–Crippen MR) is 65.6 cm³/mol. The molecule has 0 amide bonds. The van der Waals surface area contributed by atoms with E-state index in [0.717, 1.165) is 31.8 Å². The molecule has 1 N–H and O–H groups in total. The molecule has 0 aliphatic rings. The summed E-state index contributed by atoms with van der Waals surface area (Å²) in [6, 6.07) is 4.37. The lowest BCUT2D eigenvalue weighted by Gasteiger charge is -2.18. The minimum atomic E-state index is 0.296. The quantitative estimate of drug-likeness (QED) is 0.738. The average molecular weight is 225 g/mol. The fourth-order valence-corrected chi connectivity index (χ4v) is 1.61. The molecular formula is C13H23NO2. The van der Waals surface area contributed by atoms with E-state index in [-0.39, 0.29) is 0 Å². The van der Waals surface area contributed by atoms with Gasteiger partial charge in [-0.3, -0.25) is 0 Å². The zero-order valence-electron chi connectivity index (χ0n) is 10.5. The Bertz CT molecular complexity index is 257. The van der Waals surface area contributed by atoms with Crippen LogP contribution in [0, 0.1) is 0 Å². The number of likely N-dealkylation sites (N-methyl/N-ethyl adjacent to an activating group) is 1. The second-order valence-electron chi connectivity index (χ2n) is 4.25. The van der Waals surface area contributed by atoms with Crippen LogP contribution >= 0.6 is 0 Å². The van der Waals surface area contributed by atoms with Gasteiger partial charge in [-0.1, -0.05) is 6.92 Å². The summed E-state index contributed by atoms with van der Waals surface area (Å²) in [5.74, 6) is 1.05. The molecular weight excluding hydrogens is 202 g/mol. The number of furan rings is 1. The summed E-state index contributed by atoms with van der Waals surface area (Å²) >= 11 is 0. The molecule has 0 aliphatic carbocycles. The maximum Gasteiger partial charge on any atom is 0.103 e. The molecule has 0 saturated heterocycles. The third-order valence-electron chi connectivity index (χ3n) is 2.44. The molecule has 1 unspecified atom stereocenters. The second-order valence-corrected chi connectivity index (χ2v) is 4.25. The van der Waals surface area contributed by atoms with Gasteiger partial charge in [0.25, 0.3) is 0 Å². The molecule has 1 heterocycles. The van der Waals surface area contributed by atoms with E-state index in [1.54, 1.807) is 6.26 Å². The van der Waals surface area contributed by atoms with Gasteiger partial charge in [0, 0.05) is 12.5 Å². The Morgan fingerprint density at radius 3 is 2.81 bits per heavy atom. The Hall–Kier alpha value is -0.800. The van der Waals surface area contributed by atoms with Gasteiger partial charge in [-0.15, -0.1) is 0 Å². The van der Waals surface area contributed by atoms with Crippen molar-refractivity contribution in [2.45, 2.75) is 45.8 Å². The highest BCUT2D eigenvalue weighted by Gasteiger charge is 2.09. The smallest absolute Gasteiger partial charge is 0.103 e. The molecule has 3 nitrogen and oxygen atoms in total. The van der Waals surface area contributed by atoms with Gasteiger partial charge >= 0.3 is 0 Å². The van der Waals surface area contributed by atoms with E-state index in [1.807, 2.05) is 12.1 Å². The van der Waals surface area contributed by atoms with Crippen molar-refractivity contribution in [2.24, 2.45) is 0 Å². The number of hydrogen-bond acceptors (Lipinski definition) is 3. The van der Waals surface area contributed by atoms with Crippen molar-refractivity contribution in [3.8, 4) is 0 Å². The standard InChI is InChI=1S/C13H23NO2/c1-4-14-12(10-16-11(2)3)7-8-13-6-5-9-15-13/h5-6,9,11-12,14H,4,7-8,10H2,1-3H3. The fraction of sp³-hybridized carbons (Fsp3) is 0.692. The highest BCUT2D eigenvalue weighted by atomic mass is 16.5. The predicted octanol–water partition coefficient (Wildman–Crippen LogP) is 2.62. The van der Waals surface area contributed by atoms with E-state index >= 15 is 0 Å². The van der Waals surface area contributed by atoms with Crippen molar-refractivity contribution in [2.75, 3.05) is 13.2 Å². The number of aryl methyl sites for hydroxylation is 1. The van der Waals surface area contributed by atoms with Crippen molar-refractivity contribution in [1.29, 1.82) is 0 Å². The molecule has 92 valence electrons. The zero-order valence-corrected chi connectivity index (χ0v) is 10.5. The summed E-state index contributed by atoms with van der Waals surface area (Å²) in [7, 11) is 0. The van der Waals surface area contributed by atoms with Crippen LogP contribution < -0.4 is 5.32 Å². The van der Waals surface area contributed by atoms with Crippen LogP contribution in [0.3, 0.4) is 0 Å². The van der Waals surface area contributed by atoms with Gasteiger partial charge in [0.2, 0.25) is 0 Å². The lowest BCUT2D eigenvalue weighted by Crippen LogP contribution is -2.34. The van der Waals surface area contributed by atoms with Crippen LogP contribution in [0.2, 0.25) is 0 Å². The Morgan fingerprint density at radius 1 is 1.44 bits per heavy atom. The Balaban J connectivity index is 2.27. The summed E-state index contributed by atoms with van der Waals surface area (Å²) in [6.45, 7) is 8.00. The highest BCUT2D eigenvalue weighted by molar-refractivity contribution is 4.98. The third-order valence-corrected chi connectivity index (χ3v) is 2.44. The van der Waals surface area contributed by atoms with Gasteiger partial charge < -0.3 is 14.5 Å². The third kappa shape index (κ3) is 5.33. The Morgan fingerprint density at radius 2 is 2.25 bits per heavy atom. The zero-order chi connectivity index (χ0) is 11.8. The summed E-state index contributed by atoms with van der Waals surface area (Å²) in [6.07, 6.45) is 4.03. The topological polar surface area (TPSA) is 34.4 Å². The van der Waals surface area contributed by atoms with E-state index < -0.39 is 0 Å². The molecule has 0 saturated carbocycles. The molecule has 3 heteroatoms. The van der Waals surface area contributed by atoms with Gasteiger partial charge in [0.15, 0.2) is 0 Å². The van der Waals surface area contributed by atoms with Crippen molar-refractivity contribution < 1.29 is 9.15 Å². The molecule has 0 fully saturated rings. The van der Waals surface area contributed by atoms with Gasteiger partial charge in [0.1, 0.15) is 5.76 Å². The van der Waals surface area contributed by atoms with Crippen molar-refractivity contribution >= 4 is 0 Å². The van der Waals surface area contributed by atoms with Crippen molar-refractivity contribution in [3.63, 3.8) is 0 Å². The summed E-state index contributed by atoms with van der Waals surface area (Å²) < 4.78 is 11.0. The molecule has 0 aromatic carbocycles. The van der Waals surface area contributed by atoms with E-state index in [9.17, 15) is 0 Å². The minimum absolute atomic E-state index is 0.296. The summed E-state index contributed by atoms with van der Waals surface area (Å²) in [5, 5.41) is 3.43. The summed E-state index contributed by atoms with van der Waals surface area (Å²) in [4.78, 5) is 0. The van der Waals surface area contributed by atoms with E-state index in [0.29, 0.717) is 12.1 Å². The maximum atomic E-state index is 5.63. The van der Waals surface area contributed by atoms with Gasteiger partial charge in [0.05, 0.1) is 19.0 Å². The Labute approximate surface area is 98.2 Å². The van der Waals surface area contributed by atoms with Gasteiger partial charge in [-0.05, 0) is 38.9 Å². The largest absolute Gasteiger partial charge is 0.469 e. The molecule has 1 aromatic rings. The first-order valence-electron chi connectivity index (χ1n) is 6.09. The van der Waals surface area contributed by atoms with Crippen LogP contribution in [0.15, 0.2) is 22.8 Å². The van der Waals surface area contributed by atoms with Crippen LogP contribution in [-0.2, 0) is 11.2 Å².